The maximum absolute atomic E-state index is 12.9. The normalized spacial score (nSPS) is 16.1. The van der Waals surface area contributed by atoms with Crippen LogP contribution in [0.25, 0.3) is 0 Å². The van der Waals surface area contributed by atoms with E-state index in [1.54, 1.807) is 0 Å². The lowest BCUT2D eigenvalue weighted by Gasteiger charge is -2.33. The average molecular weight is 338 g/mol. The third-order valence-corrected chi connectivity index (χ3v) is 2.29. The van der Waals surface area contributed by atoms with Crippen LogP contribution >= 0.6 is 0 Å². The number of rotatable bonds is 8. The highest BCUT2D eigenvalue weighted by Gasteiger charge is 2.81. The Hall–Kier alpha value is -0.750. The van der Waals surface area contributed by atoms with Crippen LogP contribution in [0.2, 0.25) is 0 Å². The third-order valence-electron chi connectivity index (χ3n) is 2.29. The van der Waals surface area contributed by atoms with Crippen molar-refractivity contribution in [2.45, 2.75) is 36.5 Å². The third kappa shape index (κ3) is 4.36. The first kappa shape index (κ1) is 20.2. The van der Waals surface area contributed by atoms with Crippen LogP contribution in [0.4, 0.5) is 39.5 Å². The van der Waals surface area contributed by atoms with Gasteiger partial charge >= 0.3 is 23.9 Å². The molecular formula is C9H11F9O3. The molecule has 0 amide bonds. The lowest BCUT2D eigenvalue weighted by molar-refractivity contribution is -0.397. The summed E-state index contributed by atoms with van der Waals surface area (Å²) >= 11 is 0. The molecule has 0 aromatic rings. The molecule has 2 N–H and O–H groups in total. The molecule has 0 aromatic carbocycles. The number of hydrogen-bond donors (Lipinski definition) is 2. The molecule has 12 heteroatoms. The summed E-state index contributed by atoms with van der Waals surface area (Å²) in [6.45, 7) is -2.96. The zero-order valence-electron chi connectivity index (χ0n) is 10.1. The average Bonchev–Trinajstić information content (AvgIpc) is 2.32. The summed E-state index contributed by atoms with van der Waals surface area (Å²) < 4.78 is 116. The van der Waals surface area contributed by atoms with Crippen LogP contribution in [-0.4, -0.2) is 60.1 Å². The molecule has 0 spiro atoms. The van der Waals surface area contributed by atoms with Crippen LogP contribution in [0.1, 0.15) is 6.42 Å². The number of halogens is 9. The molecule has 0 aromatic heterocycles. The first-order valence-electron chi connectivity index (χ1n) is 5.27. The fourth-order valence-electron chi connectivity index (χ4n) is 1.04. The molecule has 0 saturated carbocycles. The van der Waals surface area contributed by atoms with Gasteiger partial charge in [0.2, 0.25) is 0 Å². The molecule has 3 nitrogen and oxygen atoms in total. The summed E-state index contributed by atoms with van der Waals surface area (Å²) in [6, 6.07) is 0. The van der Waals surface area contributed by atoms with Gasteiger partial charge in [0, 0.05) is 6.42 Å². The zero-order valence-corrected chi connectivity index (χ0v) is 10.1. The Kier molecular flexibility index (Phi) is 6.33. The Labute approximate surface area is 112 Å². The molecule has 0 heterocycles. The van der Waals surface area contributed by atoms with E-state index in [-0.39, 0.29) is 0 Å². The fourth-order valence-corrected chi connectivity index (χ4v) is 1.04. The molecule has 0 rings (SSSR count). The predicted octanol–water partition coefficient (Wildman–Crippen LogP) is 2.21. The topological polar surface area (TPSA) is 49.7 Å². The molecule has 21 heavy (non-hydrogen) atoms. The van der Waals surface area contributed by atoms with Gasteiger partial charge in [0.15, 0.2) is 0 Å². The highest BCUT2D eigenvalue weighted by atomic mass is 19.4. The van der Waals surface area contributed by atoms with Gasteiger partial charge < -0.3 is 14.9 Å². The molecule has 128 valence electrons. The Morgan fingerprint density at radius 3 is 1.71 bits per heavy atom. The largest absolute Gasteiger partial charge is 0.460 e. The Balaban J connectivity index is 4.81. The summed E-state index contributed by atoms with van der Waals surface area (Å²) in [5.41, 5.74) is 0. The zero-order chi connectivity index (χ0) is 17.1. The van der Waals surface area contributed by atoms with Crippen molar-refractivity contribution in [2.24, 2.45) is 0 Å². The second kappa shape index (κ2) is 6.57. The smallest absolute Gasteiger partial charge is 0.394 e. The van der Waals surface area contributed by atoms with E-state index in [1.165, 1.54) is 0 Å². The van der Waals surface area contributed by atoms with Crippen molar-refractivity contribution in [2.75, 3.05) is 19.8 Å². The van der Waals surface area contributed by atoms with Crippen LogP contribution in [0, 0.1) is 0 Å². The van der Waals surface area contributed by atoms with Gasteiger partial charge in [0.05, 0.1) is 19.8 Å². The van der Waals surface area contributed by atoms with Gasteiger partial charge in [-0.3, -0.25) is 0 Å². The molecule has 0 radical (unpaired) electrons. The maximum atomic E-state index is 12.9. The summed E-state index contributed by atoms with van der Waals surface area (Å²) in [5, 5.41) is 17.0. The minimum Gasteiger partial charge on any atom is -0.394 e. The summed E-state index contributed by atoms with van der Waals surface area (Å²) in [7, 11) is 0. The minimum absolute atomic E-state index is 0.784. The first-order valence-corrected chi connectivity index (χ1v) is 5.27. The van der Waals surface area contributed by atoms with Gasteiger partial charge in [-0.25, -0.2) is 0 Å². The number of aliphatic hydroxyl groups is 2. The van der Waals surface area contributed by atoms with Crippen LogP contribution in [0.3, 0.4) is 0 Å². The standard InChI is InChI=1S/C9H11F9O3/c10-6(11,1-2-21-4-5(20)3-19)7(12,13)8(14,15)9(16,17)18/h5,19-20H,1-4H2/t5-/m0/s1. The monoisotopic (exact) mass is 338 g/mol. The molecule has 0 aliphatic rings. The lowest BCUT2D eigenvalue weighted by Crippen LogP contribution is -2.61. The van der Waals surface area contributed by atoms with Crippen molar-refractivity contribution in [3.8, 4) is 0 Å². The Morgan fingerprint density at radius 2 is 1.33 bits per heavy atom. The van der Waals surface area contributed by atoms with Crippen molar-refractivity contribution >= 4 is 0 Å². The van der Waals surface area contributed by atoms with E-state index in [1.807, 2.05) is 0 Å². The van der Waals surface area contributed by atoms with Crippen molar-refractivity contribution in [3.05, 3.63) is 0 Å². The summed E-state index contributed by atoms with van der Waals surface area (Å²) in [4.78, 5) is 0. The van der Waals surface area contributed by atoms with E-state index >= 15 is 0 Å². The van der Waals surface area contributed by atoms with E-state index in [0.717, 1.165) is 0 Å². The van der Waals surface area contributed by atoms with E-state index in [9.17, 15) is 39.5 Å². The van der Waals surface area contributed by atoms with Gasteiger partial charge in [-0.05, 0) is 0 Å². The number of aliphatic hydroxyl groups excluding tert-OH is 2. The van der Waals surface area contributed by atoms with Crippen LogP contribution < -0.4 is 0 Å². The van der Waals surface area contributed by atoms with E-state index in [0.29, 0.717) is 0 Å². The van der Waals surface area contributed by atoms with Gasteiger partial charge in [-0.15, -0.1) is 0 Å². The number of hydrogen-bond acceptors (Lipinski definition) is 3. The first-order chi connectivity index (χ1) is 9.20. The van der Waals surface area contributed by atoms with E-state index in [4.69, 9.17) is 10.2 Å². The van der Waals surface area contributed by atoms with Gasteiger partial charge in [-0.1, -0.05) is 0 Å². The van der Waals surface area contributed by atoms with Crippen LogP contribution in [0.15, 0.2) is 0 Å². The van der Waals surface area contributed by atoms with E-state index in [2.05, 4.69) is 4.74 Å². The predicted molar refractivity (Wildman–Crippen MR) is 49.4 cm³/mol. The van der Waals surface area contributed by atoms with Crippen LogP contribution in [0.5, 0.6) is 0 Å². The maximum Gasteiger partial charge on any atom is 0.460 e. The van der Waals surface area contributed by atoms with Crippen LogP contribution in [-0.2, 0) is 4.74 Å². The number of alkyl halides is 9. The minimum atomic E-state index is -6.92. The highest BCUT2D eigenvalue weighted by Crippen LogP contribution is 2.53. The van der Waals surface area contributed by atoms with Crippen molar-refractivity contribution in [1.29, 1.82) is 0 Å². The quantitative estimate of drug-likeness (QED) is 0.527. The van der Waals surface area contributed by atoms with Gasteiger partial charge in [0.25, 0.3) is 0 Å². The second-order valence-electron chi connectivity index (χ2n) is 4.01. The molecular weight excluding hydrogens is 327 g/mol. The molecule has 0 bridgehead atoms. The number of ether oxygens (including phenoxy) is 1. The molecule has 0 fully saturated rings. The fraction of sp³-hybridized carbons (Fsp3) is 1.00. The highest BCUT2D eigenvalue weighted by molar-refractivity contribution is 5.00. The van der Waals surface area contributed by atoms with Crippen molar-refractivity contribution in [1.82, 2.24) is 0 Å². The molecule has 0 unspecified atom stereocenters. The molecule has 0 aliphatic carbocycles. The SMILES string of the molecule is OC[C@H](O)COCCC(F)(F)C(F)(F)C(F)(F)C(F)(F)F. The Bertz CT molecular complexity index is 329. The lowest BCUT2D eigenvalue weighted by atomic mass is 10.0. The molecule has 1 atom stereocenters. The van der Waals surface area contributed by atoms with Crippen molar-refractivity contribution in [3.63, 3.8) is 0 Å². The Morgan fingerprint density at radius 1 is 0.857 bits per heavy atom. The summed E-state index contributed by atoms with van der Waals surface area (Å²) in [6.07, 6.45) is -10.5. The van der Waals surface area contributed by atoms with Crippen molar-refractivity contribution < 1.29 is 54.5 Å². The molecule has 0 aliphatic heterocycles. The van der Waals surface area contributed by atoms with Gasteiger partial charge in [-0.2, -0.15) is 39.5 Å². The summed E-state index contributed by atoms with van der Waals surface area (Å²) in [5.74, 6) is -19.3. The van der Waals surface area contributed by atoms with Gasteiger partial charge in [0.1, 0.15) is 6.10 Å². The van der Waals surface area contributed by atoms with E-state index < -0.39 is 56.3 Å². The molecule has 0 saturated heterocycles. The second-order valence-corrected chi connectivity index (χ2v) is 4.01.